The summed E-state index contributed by atoms with van der Waals surface area (Å²) in [5.74, 6) is 1.53. The molecule has 1 aromatic carbocycles. The molecule has 2 fully saturated rings. The molecule has 1 saturated carbocycles. The number of nitrogens with zero attached hydrogens (tertiary/aromatic N) is 1. The molecule has 3 rings (SSSR count). The lowest BCUT2D eigenvalue weighted by molar-refractivity contribution is 0.0661. The molecule has 1 amide bonds. The van der Waals surface area contributed by atoms with Crippen LogP contribution in [-0.2, 0) is 0 Å². The fourth-order valence-corrected chi connectivity index (χ4v) is 3.90. The third-order valence-electron chi connectivity index (χ3n) is 4.96. The normalized spacial score (nSPS) is 30.6. The highest BCUT2D eigenvalue weighted by atomic mass is 16.1. The lowest BCUT2D eigenvalue weighted by atomic mass is 9.72. The van der Waals surface area contributed by atoms with Gasteiger partial charge in [0.15, 0.2) is 0 Å². The molecule has 3 atom stereocenters. The van der Waals surface area contributed by atoms with Gasteiger partial charge in [0, 0.05) is 18.2 Å². The summed E-state index contributed by atoms with van der Waals surface area (Å²) in [6.07, 6.45) is 4.94. The van der Waals surface area contributed by atoms with Crippen LogP contribution in [0.2, 0.25) is 0 Å². The second-order valence-corrected chi connectivity index (χ2v) is 6.35. The Hall–Kier alpha value is -1.35. The van der Waals surface area contributed by atoms with E-state index in [9.17, 15) is 4.79 Å². The molecule has 108 valence electrons. The highest BCUT2D eigenvalue weighted by molar-refractivity contribution is 5.94. The second kappa shape index (κ2) is 5.96. The number of nitrogens with one attached hydrogen (secondary N) is 1. The van der Waals surface area contributed by atoms with E-state index in [1.807, 2.05) is 30.3 Å². The smallest absolute Gasteiger partial charge is 0.251 e. The number of rotatable bonds is 2. The van der Waals surface area contributed by atoms with E-state index in [0.717, 1.165) is 17.9 Å². The Bertz CT molecular complexity index is 459. The maximum absolute atomic E-state index is 12.3. The highest BCUT2D eigenvalue weighted by Crippen LogP contribution is 2.36. The minimum atomic E-state index is 0.0928. The van der Waals surface area contributed by atoms with Gasteiger partial charge < -0.3 is 10.2 Å². The maximum atomic E-state index is 12.3. The van der Waals surface area contributed by atoms with E-state index >= 15 is 0 Å². The molecule has 0 radical (unpaired) electrons. The van der Waals surface area contributed by atoms with Crippen LogP contribution in [0.4, 0.5) is 0 Å². The largest absolute Gasteiger partial charge is 0.349 e. The van der Waals surface area contributed by atoms with Crippen LogP contribution in [-0.4, -0.2) is 37.0 Å². The van der Waals surface area contributed by atoms with Crippen LogP contribution in [0.15, 0.2) is 30.3 Å². The van der Waals surface area contributed by atoms with Gasteiger partial charge in [-0.3, -0.25) is 4.79 Å². The molecule has 3 nitrogen and oxygen atoms in total. The SMILES string of the molecule is CN1CC[C@@H]2C(NC(=O)c3ccccc3)CCC[C@H]2C1. The predicted molar refractivity (Wildman–Crippen MR) is 80.6 cm³/mol. The molecule has 1 heterocycles. The van der Waals surface area contributed by atoms with E-state index in [-0.39, 0.29) is 5.91 Å². The van der Waals surface area contributed by atoms with Crippen molar-refractivity contribution in [3.05, 3.63) is 35.9 Å². The van der Waals surface area contributed by atoms with Crippen molar-refractivity contribution < 1.29 is 4.79 Å². The zero-order valence-electron chi connectivity index (χ0n) is 12.2. The Morgan fingerprint density at radius 2 is 2.00 bits per heavy atom. The molecule has 1 unspecified atom stereocenters. The highest BCUT2D eigenvalue weighted by Gasteiger charge is 2.37. The standard InChI is InChI=1S/C17H24N2O/c1-19-11-10-15-14(12-19)8-5-9-16(15)18-17(20)13-6-3-2-4-7-13/h2-4,6-7,14-16H,5,8-12H2,1H3,(H,18,20)/t14-,15-,16?/m0/s1. The Kier molecular flexibility index (Phi) is 4.06. The van der Waals surface area contributed by atoms with Gasteiger partial charge in [-0.05, 0) is 56.8 Å². The first-order chi connectivity index (χ1) is 9.74. The number of likely N-dealkylation sites (tertiary alicyclic amines) is 1. The van der Waals surface area contributed by atoms with Gasteiger partial charge in [-0.1, -0.05) is 24.6 Å². The van der Waals surface area contributed by atoms with Crippen LogP contribution in [0.25, 0.3) is 0 Å². The van der Waals surface area contributed by atoms with Crippen LogP contribution in [0.3, 0.4) is 0 Å². The van der Waals surface area contributed by atoms with Gasteiger partial charge in [0.2, 0.25) is 0 Å². The van der Waals surface area contributed by atoms with Gasteiger partial charge in [-0.2, -0.15) is 0 Å². The quantitative estimate of drug-likeness (QED) is 0.897. The topological polar surface area (TPSA) is 32.3 Å². The van der Waals surface area contributed by atoms with E-state index in [1.165, 1.54) is 32.4 Å². The average Bonchev–Trinajstić information content (AvgIpc) is 2.48. The second-order valence-electron chi connectivity index (χ2n) is 6.35. The van der Waals surface area contributed by atoms with E-state index in [1.54, 1.807) is 0 Å². The predicted octanol–water partition coefficient (Wildman–Crippen LogP) is 2.54. The van der Waals surface area contributed by atoms with Gasteiger partial charge in [0.25, 0.3) is 5.91 Å². The summed E-state index contributed by atoms with van der Waals surface area (Å²) in [7, 11) is 2.21. The van der Waals surface area contributed by atoms with Crippen molar-refractivity contribution >= 4 is 5.91 Å². The van der Waals surface area contributed by atoms with Gasteiger partial charge >= 0.3 is 0 Å². The van der Waals surface area contributed by atoms with Gasteiger partial charge in [0.05, 0.1) is 0 Å². The molecule has 1 aromatic rings. The van der Waals surface area contributed by atoms with E-state index in [4.69, 9.17) is 0 Å². The minimum Gasteiger partial charge on any atom is -0.349 e. The fraction of sp³-hybridized carbons (Fsp3) is 0.588. The molecule has 2 aliphatic rings. The fourth-order valence-electron chi connectivity index (χ4n) is 3.90. The molecule has 0 spiro atoms. The van der Waals surface area contributed by atoms with Crippen molar-refractivity contribution in [2.45, 2.75) is 31.7 Å². The van der Waals surface area contributed by atoms with Crippen molar-refractivity contribution in [1.82, 2.24) is 10.2 Å². The third-order valence-corrected chi connectivity index (χ3v) is 4.96. The summed E-state index contributed by atoms with van der Waals surface area (Å²) in [6.45, 7) is 2.36. The third kappa shape index (κ3) is 2.88. The zero-order chi connectivity index (χ0) is 13.9. The Morgan fingerprint density at radius 1 is 1.20 bits per heavy atom. The first-order valence-electron chi connectivity index (χ1n) is 7.78. The number of amides is 1. The minimum absolute atomic E-state index is 0.0928. The van der Waals surface area contributed by atoms with E-state index < -0.39 is 0 Å². The molecule has 1 saturated heterocycles. The monoisotopic (exact) mass is 272 g/mol. The van der Waals surface area contributed by atoms with Crippen LogP contribution < -0.4 is 5.32 Å². The average molecular weight is 272 g/mol. The van der Waals surface area contributed by atoms with Gasteiger partial charge in [0.1, 0.15) is 0 Å². The maximum Gasteiger partial charge on any atom is 0.251 e. The lowest BCUT2D eigenvalue weighted by Crippen LogP contribution is -2.51. The summed E-state index contributed by atoms with van der Waals surface area (Å²) >= 11 is 0. The van der Waals surface area contributed by atoms with Gasteiger partial charge in [-0.25, -0.2) is 0 Å². The van der Waals surface area contributed by atoms with Crippen molar-refractivity contribution in [3.8, 4) is 0 Å². The number of hydrogen-bond donors (Lipinski definition) is 1. The van der Waals surface area contributed by atoms with Crippen LogP contribution in [0.1, 0.15) is 36.0 Å². The molecular weight excluding hydrogens is 248 g/mol. The van der Waals surface area contributed by atoms with Crippen molar-refractivity contribution in [3.63, 3.8) is 0 Å². The van der Waals surface area contributed by atoms with E-state index in [2.05, 4.69) is 17.3 Å². The zero-order valence-corrected chi connectivity index (χ0v) is 12.2. The Labute approximate surface area is 121 Å². The number of fused-ring (bicyclic) bond motifs is 1. The van der Waals surface area contributed by atoms with Gasteiger partial charge in [-0.15, -0.1) is 0 Å². The molecule has 0 bridgehead atoms. The van der Waals surface area contributed by atoms with E-state index in [0.29, 0.717) is 12.0 Å². The molecule has 3 heteroatoms. The van der Waals surface area contributed by atoms with Crippen LogP contribution >= 0.6 is 0 Å². The molecule has 0 aromatic heterocycles. The van der Waals surface area contributed by atoms with Crippen molar-refractivity contribution in [2.24, 2.45) is 11.8 Å². The Balaban J connectivity index is 1.66. The number of hydrogen-bond acceptors (Lipinski definition) is 2. The van der Waals surface area contributed by atoms with Crippen molar-refractivity contribution in [2.75, 3.05) is 20.1 Å². The molecule has 1 aliphatic carbocycles. The molecular formula is C17H24N2O. The Morgan fingerprint density at radius 3 is 2.80 bits per heavy atom. The molecule has 1 aliphatic heterocycles. The summed E-state index contributed by atoms with van der Waals surface area (Å²) in [5, 5.41) is 3.29. The first-order valence-corrected chi connectivity index (χ1v) is 7.78. The number of piperidine rings is 1. The van der Waals surface area contributed by atoms with Crippen LogP contribution in [0.5, 0.6) is 0 Å². The summed E-state index contributed by atoms with van der Waals surface area (Å²) in [4.78, 5) is 14.8. The lowest BCUT2D eigenvalue weighted by Gasteiger charge is -2.44. The summed E-state index contributed by atoms with van der Waals surface area (Å²) < 4.78 is 0. The van der Waals surface area contributed by atoms with Crippen LogP contribution in [0, 0.1) is 11.8 Å². The number of carbonyl (C=O) groups excluding carboxylic acids is 1. The molecule has 1 N–H and O–H groups in total. The molecule has 20 heavy (non-hydrogen) atoms. The van der Waals surface area contributed by atoms with Crippen molar-refractivity contribution in [1.29, 1.82) is 0 Å². The number of carbonyl (C=O) groups is 1. The summed E-state index contributed by atoms with van der Waals surface area (Å²) in [5.41, 5.74) is 0.780. The number of benzene rings is 1. The first kappa shape index (κ1) is 13.6. The summed E-state index contributed by atoms with van der Waals surface area (Å²) in [6, 6.07) is 9.96.